The molecular formula is C17H16ClNO2S. The van der Waals surface area contributed by atoms with Gasteiger partial charge < -0.3 is 10.1 Å². The number of anilines is 1. The summed E-state index contributed by atoms with van der Waals surface area (Å²) in [4.78, 5) is 13.6. The Bertz CT molecular complexity index is 666. The molecule has 2 rings (SSSR count). The number of nitrogens with one attached hydrogen (secondary N) is 1. The van der Waals surface area contributed by atoms with Crippen LogP contribution in [0.4, 0.5) is 5.69 Å². The molecule has 2 aromatic carbocycles. The maximum Gasteiger partial charge on any atom is 0.263 e. The Balaban J connectivity index is 2.04. The van der Waals surface area contributed by atoms with Crippen molar-refractivity contribution in [2.24, 2.45) is 0 Å². The summed E-state index contributed by atoms with van der Waals surface area (Å²) in [5.74, 6) is 0.532. The van der Waals surface area contributed by atoms with E-state index in [0.717, 1.165) is 21.9 Å². The van der Waals surface area contributed by atoms with Crippen molar-refractivity contribution in [1.29, 1.82) is 0 Å². The molecule has 22 heavy (non-hydrogen) atoms. The van der Waals surface area contributed by atoms with Gasteiger partial charge in [-0.1, -0.05) is 41.1 Å². The van der Waals surface area contributed by atoms with Gasteiger partial charge in [0.1, 0.15) is 5.75 Å². The molecule has 2 aromatic rings. The van der Waals surface area contributed by atoms with E-state index >= 15 is 0 Å². The van der Waals surface area contributed by atoms with Crippen LogP contribution in [0.25, 0.3) is 0 Å². The highest BCUT2D eigenvalue weighted by atomic mass is 35.5. The van der Waals surface area contributed by atoms with Gasteiger partial charge in [-0.25, -0.2) is 0 Å². The zero-order chi connectivity index (χ0) is 15.9. The van der Waals surface area contributed by atoms with Crippen molar-refractivity contribution in [2.45, 2.75) is 11.8 Å². The number of aryl methyl sites for hydroxylation is 1. The molecule has 0 heterocycles. The second-order valence-corrected chi connectivity index (χ2v) is 5.90. The van der Waals surface area contributed by atoms with Crippen LogP contribution in [0, 0.1) is 6.92 Å². The predicted octanol–water partition coefficient (Wildman–Crippen LogP) is 4.81. The normalized spacial score (nSPS) is 11.1. The molecule has 1 N–H and O–H groups in total. The van der Waals surface area contributed by atoms with Crippen molar-refractivity contribution in [3.8, 4) is 5.75 Å². The molecule has 0 saturated heterocycles. The summed E-state index contributed by atoms with van der Waals surface area (Å²) in [6.07, 6.45) is 0. The SMILES string of the molecule is COc1ccc(S/C(=C\Cl)C(=O)Nc2ccc(C)cc2)cc1. The van der Waals surface area contributed by atoms with Crippen molar-refractivity contribution >= 4 is 35.0 Å². The highest BCUT2D eigenvalue weighted by Gasteiger charge is 2.11. The van der Waals surface area contributed by atoms with Crippen molar-refractivity contribution < 1.29 is 9.53 Å². The summed E-state index contributed by atoms with van der Waals surface area (Å²) in [7, 11) is 1.61. The number of benzene rings is 2. The average Bonchev–Trinajstić information content (AvgIpc) is 2.55. The Labute approximate surface area is 139 Å². The molecule has 5 heteroatoms. The number of hydrogen-bond donors (Lipinski definition) is 1. The molecule has 0 aliphatic carbocycles. The summed E-state index contributed by atoms with van der Waals surface area (Å²) < 4.78 is 5.11. The molecule has 3 nitrogen and oxygen atoms in total. The zero-order valence-electron chi connectivity index (χ0n) is 12.3. The fourth-order valence-corrected chi connectivity index (χ4v) is 2.67. The highest BCUT2D eigenvalue weighted by molar-refractivity contribution is 8.04. The topological polar surface area (TPSA) is 38.3 Å². The minimum atomic E-state index is -0.236. The van der Waals surface area contributed by atoms with Crippen molar-refractivity contribution in [3.05, 3.63) is 64.5 Å². The number of rotatable bonds is 5. The smallest absolute Gasteiger partial charge is 0.263 e. The van der Waals surface area contributed by atoms with Gasteiger partial charge in [0.05, 0.1) is 12.0 Å². The molecule has 0 bridgehead atoms. The molecule has 0 unspecified atom stereocenters. The second kappa shape index (κ2) is 7.92. The molecule has 0 spiro atoms. The van der Waals surface area contributed by atoms with Crippen LogP contribution < -0.4 is 10.1 Å². The summed E-state index contributed by atoms with van der Waals surface area (Å²) >= 11 is 7.09. The van der Waals surface area contributed by atoms with E-state index in [9.17, 15) is 4.79 Å². The maximum atomic E-state index is 12.2. The number of carbonyl (C=O) groups excluding carboxylic acids is 1. The molecule has 1 amide bonds. The van der Waals surface area contributed by atoms with E-state index in [1.165, 1.54) is 17.3 Å². The molecule has 0 saturated carbocycles. The van der Waals surface area contributed by atoms with Crippen LogP contribution in [0.3, 0.4) is 0 Å². The Hall–Kier alpha value is -1.91. The van der Waals surface area contributed by atoms with Crippen molar-refractivity contribution in [1.82, 2.24) is 0 Å². The third-order valence-electron chi connectivity index (χ3n) is 2.92. The highest BCUT2D eigenvalue weighted by Crippen LogP contribution is 2.29. The van der Waals surface area contributed by atoms with Gasteiger partial charge in [-0.3, -0.25) is 4.79 Å². The molecule has 0 atom stereocenters. The number of amides is 1. The first-order chi connectivity index (χ1) is 10.6. The minimum absolute atomic E-state index is 0.236. The maximum absolute atomic E-state index is 12.2. The number of hydrogen-bond acceptors (Lipinski definition) is 3. The summed E-state index contributed by atoms with van der Waals surface area (Å²) in [6.45, 7) is 2.00. The summed E-state index contributed by atoms with van der Waals surface area (Å²) in [5.41, 5.74) is 3.17. The number of halogens is 1. The third kappa shape index (κ3) is 4.55. The van der Waals surface area contributed by atoms with Gasteiger partial charge in [-0.15, -0.1) is 0 Å². The fraction of sp³-hybridized carbons (Fsp3) is 0.118. The fourth-order valence-electron chi connectivity index (χ4n) is 1.72. The van der Waals surface area contributed by atoms with Crippen LogP contribution >= 0.6 is 23.4 Å². The van der Waals surface area contributed by atoms with Crippen LogP contribution in [-0.4, -0.2) is 13.0 Å². The lowest BCUT2D eigenvalue weighted by molar-refractivity contribution is -0.112. The van der Waals surface area contributed by atoms with Crippen LogP contribution in [0.1, 0.15) is 5.56 Å². The molecule has 0 radical (unpaired) electrons. The first-order valence-corrected chi connectivity index (χ1v) is 7.88. The van der Waals surface area contributed by atoms with Crippen LogP contribution in [0.5, 0.6) is 5.75 Å². The molecule has 0 aliphatic rings. The summed E-state index contributed by atoms with van der Waals surface area (Å²) in [5, 5.41) is 2.83. The molecule has 0 fully saturated rings. The second-order valence-electron chi connectivity index (χ2n) is 4.57. The van der Waals surface area contributed by atoms with Gasteiger partial charge in [0.25, 0.3) is 5.91 Å². The van der Waals surface area contributed by atoms with E-state index in [0.29, 0.717) is 4.91 Å². The van der Waals surface area contributed by atoms with E-state index in [-0.39, 0.29) is 5.91 Å². The lowest BCUT2D eigenvalue weighted by Crippen LogP contribution is -2.12. The molecule has 0 aliphatic heterocycles. The lowest BCUT2D eigenvalue weighted by Gasteiger charge is -2.08. The van der Waals surface area contributed by atoms with E-state index in [4.69, 9.17) is 16.3 Å². The first kappa shape index (κ1) is 16.5. The average molecular weight is 334 g/mol. The van der Waals surface area contributed by atoms with Crippen LogP contribution in [-0.2, 0) is 4.79 Å². The van der Waals surface area contributed by atoms with E-state index in [1.54, 1.807) is 7.11 Å². The van der Waals surface area contributed by atoms with E-state index < -0.39 is 0 Å². The Morgan fingerprint density at radius 2 is 1.77 bits per heavy atom. The van der Waals surface area contributed by atoms with Crippen molar-refractivity contribution in [2.75, 3.05) is 12.4 Å². The van der Waals surface area contributed by atoms with E-state index in [1.807, 2.05) is 55.5 Å². The number of ether oxygens (including phenoxy) is 1. The Morgan fingerprint density at radius 3 is 2.32 bits per heavy atom. The van der Waals surface area contributed by atoms with Crippen LogP contribution in [0.2, 0.25) is 0 Å². The quantitative estimate of drug-likeness (QED) is 0.630. The zero-order valence-corrected chi connectivity index (χ0v) is 13.9. The van der Waals surface area contributed by atoms with Gasteiger partial charge >= 0.3 is 0 Å². The third-order valence-corrected chi connectivity index (χ3v) is 4.30. The predicted molar refractivity (Wildman–Crippen MR) is 92.6 cm³/mol. The summed E-state index contributed by atoms with van der Waals surface area (Å²) in [6, 6.07) is 15.0. The van der Waals surface area contributed by atoms with E-state index in [2.05, 4.69) is 5.32 Å². The van der Waals surface area contributed by atoms with Gasteiger partial charge in [0.2, 0.25) is 0 Å². The number of thioether (sulfide) groups is 1. The van der Waals surface area contributed by atoms with Gasteiger partial charge in [0.15, 0.2) is 0 Å². The largest absolute Gasteiger partial charge is 0.497 e. The monoisotopic (exact) mass is 333 g/mol. The minimum Gasteiger partial charge on any atom is -0.497 e. The Kier molecular flexibility index (Phi) is 5.92. The van der Waals surface area contributed by atoms with Crippen molar-refractivity contribution in [3.63, 3.8) is 0 Å². The Morgan fingerprint density at radius 1 is 1.14 bits per heavy atom. The molecule has 0 aromatic heterocycles. The van der Waals surface area contributed by atoms with Gasteiger partial charge in [-0.2, -0.15) is 0 Å². The lowest BCUT2D eigenvalue weighted by atomic mass is 10.2. The van der Waals surface area contributed by atoms with Crippen LogP contribution in [0.15, 0.2) is 63.9 Å². The van der Waals surface area contributed by atoms with Gasteiger partial charge in [-0.05, 0) is 43.3 Å². The standard InChI is InChI=1S/C17H16ClNO2S/c1-12-3-5-13(6-4-12)19-17(20)16(11-18)22-15-9-7-14(21-2)8-10-15/h3-11H,1-2H3,(H,19,20)/b16-11-. The molecular weight excluding hydrogens is 318 g/mol. The first-order valence-electron chi connectivity index (χ1n) is 6.62. The van der Waals surface area contributed by atoms with Gasteiger partial charge in [0, 0.05) is 16.1 Å². The molecule has 114 valence electrons. The number of carbonyl (C=O) groups is 1. The number of methoxy groups -OCH3 is 1.